The topological polar surface area (TPSA) is 57.5 Å². The SMILES string of the molecule is CCCCC[C@H](O)/C=C/C=C/CC1(CCCCCC(=O)O)CCCC1. The summed E-state index contributed by atoms with van der Waals surface area (Å²) in [5.74, 6) is -0.679. The molecule has 1 aliphatic rings. The molecule has 0 aromatic carbocycles. The zero-order valence-electron chi connectivity index (χ0n) is 16.1. The summed E-state index contributed by atoms with van der Waals surface area (Å²) in [4.78, 5) is 10.6. The van der Waals surface area contributed by atoms with E-state index in [-0.39, 0.29) is 6.10 Å². The fourth-order valence-corrected chi connectivity index (χ4v) is 3.92. The Labute approximate surface area is 154 Å². The van der Waals surface area contributed by atoms with Crippen molar-refractivity contribution >= 4 is 5.97 Å². The smallest absolute Gasteiger partial charge is 0.303 e. The summed E-state index contributed by atoms with van der Waals surface area (Å²) in [5.41, 5.74) is 0.438. The highest BCUT2D eigenvalue weighted by molar-refractivity contribution is 5.66. The van der Waals surface area contributed by atoms with Crippen LogP contribution in [0.1, 0.15) is 96.8 Å². The zero-order chi connectivity index (χ0) is 18.4. The molecular weight excluding hydrogens is 312 g/mol. The number of carbonyl (C=O) groups is 1. The van der Waals surface area contributed by atoms with Gasteiger partial charge < -0.3 is 10.2 Å². The molecule has 1 atom stereocenters. The molecule has 0 radical (unpaired) electrons. The van der Waals surface area contributed by atoms with Crippen LogP contribution in [0.25, 0.3) is 0 Å². The highest BCUT2D eigenvalue weighted by atomic mass is 16.4. The van der Waals surface area contributed by atoms with Crippen molar-refractivity contribution in [2.75, 3.05) is 0 Å². The van der Waals surface area contributed by atoms with Gasteiger partial charge in [0.1, 0.15) is 0 Å². The van der Waals surface area contributed by atoms with Crippen molar-refractivity contribution in [3.63, 3.8) is 0 Å². The maximum atomic E-state index is 10.6. The monoisotopic (exact) mass is 350 g/mol. The Morgan fingerprint density at radius 3 is 2.52 bits per heavy atom. The molecule has 1 saturated carbocycles. The maximum absolute atomic E-state index is 10.6. The lowest BCUT2D eigenvalue weighted by Gasteiger charge is -2.27. The molecule has 0 unspecified atom stereocenters. The number of allylic oxidation sites excluding steroid dienone is 3. The minimum absolute atomic E-state index is 0.304. The fourth-order valence-electron chi connectivity index (χ4n) is 3.92. The second kappa shape index (κ2) is 13.2. The highest BCUT2D eigenvalue weighted by Gasteiger charge is 2.31. The van der Waals surface area contributed by atoms with Crippen molar-refractivity contribution < 1.29 is 15.0 Å². The molecule has 25 heavy (non-hydrogen) atoms. The number of aliphatic hydroxyl groups is 1. The van der Waals surface area contributed by atoms with E-state index in [1.807, 2.05) is 12.2 Å². The Morgan fingerprint density at radius 2 is 1.84 bits per heavy atom. The summed E-state index contributed by atoms with van der Waals surface area (Å²) in [5, 5.41) is 18.6. The number of hydrogen-bond donors (Lipinski definition) is 2. The summed E-state index contributed by atoms with van der Waals surface area (Å²) in [6.07, 6.45) is 23.2. The average molecular weight is 351 g/mol. The van der Waals surface area contributed by atoms with Crippen LogP contribution in [0.3, 0.4) is 0 Å². The third kappa shape index (κ3) is 10.5. The number of aliphatic carboxylic acids is 1. The van der Waals surface area contributed by atoms with Gasteiger partial charge in [0.25, 0.3) is 0 Å². The second-order valence-corrected chi connectivity index (χ2v) is 7.74. The molecule has 0 saturated heterocycles. The summed E-state index contributed by atoms with van der Waals surface area (Å²) >= 11 is 0. The summed E-state index contributed by atoms with van der Waals surface area (Å²) in [7, 11) is 0. The molecule has 2 N–H and O–H groups in total. The van der Waals surface area contributed by atoms with Crippen LogP contribution < -0.4 is 0 Å². The molecule has 0 aromatic rings. The number of unbranched alkanes of at least 4 members (excludes halogenated alkanes) is 4. The summed E-state index contributed by atoms with van der Waals surface area (Å²) in [6.45, 7) is 2.18. The van der Waals surface area contributed by atoms with Gasteiger partial charge in [0.2, 0.25) is 0 Å². The van der Waals surface area contributed by atoms with Gasteiger partial charge in [-0.1, -0.05) is 76.2 Å². The molecule has 0 spiro atoms. The Kier molecular flexibility index (Phi) is 11.6. The molecular formula is C22H38O3. The first-order valence-electron chi connectivity index (χ1n) is 10.3. The molecule has 3 nitrogen and oxygen atoms in total. The van der Waals surface area contributed by atoms with Gasteiger partial charge in [-0.25, -0.2) is 0 Å². The molecule has 0 aromatic heterocycles. The minimum Gasteiger partial charge on any atom is -0.481 e. The lowest BCUT2D eigenvalue weighted by atomic mass is 9.78. The molecule has 0 amide bonds. The molecule has 1 aliphatic carbocycles. The standard InChI is InChI=1S/C22H38O3/c1-2-3-6-13-20(23)14-7-4-9-16-22(18-11-12-19-22)17-10-5-8-15-21(24)25/h4,7,9,14,20,23H,2-3,5-6,8,10-13,15-19H2,1H3,(H,24,25)/b9-4+,14-7+/t20-/m0/s1. The predicted octanol–water partition coefficient (Wildman–Crippen LogP) is 6.03. The van der Waals surface area contributed by atoms with E-state index in [9.17, 15) is 9.90 Å². The second-order valence-electron chi connectivity index (χ2n) is 7.74. The number of rotatable bonds is 14. The van der Waals surface area contributed by atoms with E-state index in [0.29, 0.717) is 11.8 Å². The molecule has 1 fully saturated rings. The third-order valence-corrected chi connectivity index (χ3v) is 5.50. The van der Waals surface area contributed by atoms with Gasteiger partial charge in [-0.05, 0) is 43.9 Å². The van der Waals surface area contributed by atoms with Gasteiger partial charge in [0.15, 0.2) is 0 Å². The van der Waals surface area contributed by atoms with E-state index in [4.69, 9.17) is 5.11 Å². The van der Waals surface area contributed by atoms with Gasteiger partial charge >= 0.3 is 5.97 Å². The van der Waals surface area contributed by atoms with Crippen molar-refractivity contribution in [3.05, 3.63) is 24.3 Å². The van der Waals surface area contributed by atoms with Gasteiger partial charge in [0, 0.05) is 6.42 Å². The summed E-state index contributed by atoms with van der Waals surface area (Å²) in [6, 6.07) is 0. The predicted molar refractivity (Wildman–Crippen MR) is 105 cm³/mol. The molecule has 144 valence electrons. The van der Waals surface area contributed by atoms with E-state index >= 15 is 0 Å². The molecule has 3 heteroatoms. The normalized spacial score (nSPS) is 18.3. The number of hydrogen-bond acceptors (Lipinski definition) is 2. The Balaban J connectivity index is 2.28. The van der Waals surface area contributed by atoms with Crippen LogP contribution >= 0.6 is 0 Å². The van der Waals surface area contributed by atoms with Crippen molar-refractivity contribution in [3.8, 4) is 0 Å². The zero-order valence-corrected chi connectivity index (χ0v) is 16.1. The van der Waals surface area contributed by atoms with E-state index in [0.717, 1.165) is 38.5 Å². The first kappa shape index (κ1) is 22.0. The Hall–Kier alpha value is -1.09. The molecule has 0 aliphatic heterocycles. The first-order valence-corrected chi connectivity index (χ1v) is 10.3. The van der Waals surface area contributed by atoms with Crippen LogP contribution in [0, 0.1) is 5.41 Å². The number of carboxylic acids is 1. The molecule has 1 rings (SSSR count). The molecule has 0 bridgehead atoms. The minimum atomic E-state index is -0.679. The molecule has 0 heterocycles. The van der Waals surface area contributed by atoms with Gasteiger partial charge in [-0.3, -0.25) is 4.79 Å². The third-order valence-electron chi connectivity index (χ3n) is 5.50. The van der Waals surface area contributed by atoms with Crippen LogP contribution in [0.2, 0.25) is 0 Å². The largest absolute Gasteiger partial charge is 0.481 e. The first-order chi connectivity index (χ1) is 12.1. The van der Waals surface area contributed by atoms with Crippen LogP contribution in [-0.2, 0) is 4.79 Å². The van der Waals surface area contributed by atoms with Crippen molar-refractivity contribution in [2.45, 2.75) is 103 Å². The van der Waals surface area contributed by atoms with Gasteiger partial charge in [-0.2, -0.15) is 0 Å². The Bertz CT molecular complexity index is 405. The van der Waals surface area contributed by atoms with Crippen LogP contribution in [0.5, 0.6) is 0 Å². The van der Waals surface area contributed by atoms with Crippen LogP contribution in [0.4, 0.5) is 0 Å². The lowest BCUT2D eigenvalue weighted by Crippen LogP contribution is -2.15. The van der Waals surface area contributed by atoms with Crippen molar-refractivity contribution in [1.82, 2.24) is 0 Å². The summed E-state index contributed by atoms with van der Waals surface area (Å²) < 4.78 is 0. The maximum Gasteiger partial charge on any atom is 0.303 e. The van der Waals surface area contributed by atoms with Crippen molar-refractivity contribution in [2.24, 2.45) is 5.41 Å². The van der Waals surface area contributed by atoms with E-state index < -0.39 is 5.97 Å². The van der Waals surface area contributed by atoms with E-state index in [1.165, 1.54) is 44.9 Å². The number of carboxylic acid groups (broad SMARTS) is 1. The van der Waals surface area contributed by atoms with Gasteiger partial charge in [0.05, 0.1) is 6.10 Å². The lowest BCUT2D eigenvalue weighted by molar-refractivity contribution is -0.137. The fraction of sp³-hybridized carbons (Fsp3) is 0.773. The van der Waals surface area contributed by atoms with Crippen LogP contribution in [0.15, 0.2) is 24.3 Å². The average Bonchev–Trinajstić information content (AvgIpc) is 3.03. The van der Waals surface area contributed by atoms with Crippen molar-refractivity contribution in [1.29, 1.82) is 0 Å². The quantitative estimate of drug-likeness (QED) is 0.297. The van der Waals surface area contributed by atoms with Crippen LogP contribution in [-0.4, -0.2) is 22.3 Å². The van der Waals surface area contributed by atoms with E-state index in [1.54, 1.807) is 0 Å². The Morgan fingerprint density at radius 1 is 1.08 bits per heavy atom. The van der Waals surface area contributed by atoms with E-state index in [2.05, 4.69) is 19.1 Å². The number of aliphatic hydroxyl groups excluding tert-OH is 1. The van der Waals surface area contributed by atoms with Gasteiger partial charge in [-0.15, -0.1) is 0 Å². The highest BCUT2D eigenvalue weighted by Crippen LogP contribution is 2.45.